The lowest BCUT2D eigenvalue weighted by Crippen LogP contribution is -2.38. The van der Waals surface area contributed by atoms with E-state index >= 15 is 0 Å². The highest BCUT2D eigenvalue weighted by molar-refractivity contribution is 5.79. The minimum absolute atomic E-state index is 0.491. The van der Waals surface area contributed by atoms with E-state index in [4.69, 9.17) is 9.47 Å². The second-order valence-electron chi connectivity index (χ2n) is 5.50. The zero-order chi connectivity index (χ0) is 16.9. The van der Waals surface area contributed by atoms with Gasteiger partial charge in [0.15, 0.2) is 5.96 Å². The summed E-state index contributed by atoms with van der Waals surface area (Å²) in [6.45, 7) is 7.60. The molecule has 2 N–H and O–H groups in total. The number of benzene rings is 1. The Morgan fingerprint density at radius 1 is 1.17 bits per heavy atom. The number of methoxy groups -OCH3 is 2. The molecule has 5 nitrogen and oxygen atoms in total. The smallest absolute Gasteiger partial charge is 0.191 e. The Kier molecular flexibility index (Phi) is 9.87. The second-order valence-corrected chi connectivity index (χ2v) is 5.50. The van der Waals surface area contributed by atoms with Gasteiger partial charge in [-0.1, -0.05) is 19.1 Å². The monoisotopic (exact) mass is 321 g/mol. The molecule has 0 amide bonds. The Morgan fingerprint density at radius 3 is 2.52 bits per heavy atom. The van der Waals surface area contributed by atoms with Crippen LogP contribution in [0.25, 0.3) is 0 Å². The molecule has 1 unspecified atom stereocenters. The first kappa shape index (κ1) is 19.3. The number of hydrogen-bond donors (Lipinski definition) is 2. The SMILES string of the molecule is CCNC(=NCCCOC)NCCC(C)c1ccc(OC)cc1. The maximum Gasteiger partial charge on any atom is 0.191 e. The summed E-state index contributed by atoms with van der Waals surface area (Å²) in [4.78, 5) is 4.54. The van der Waals surface area contributed by atoms with Crippen molar-refractivity contribution in [1.29, 1.82) is 0 Å². The lowest BCUT2D eigenvalue weighted by atomic mass is 9.98. The van der Waals surface area contributed by atoms with Crippen molar-refractivity contribution in [2.45, 2.75) is 32.6 Å². The van der Waals surface area contributed by atoms with Gasteiger partial charge in [0, 0.05) is 33.4 Å². The number of guanidine groups is 1. The third-order valence-corrected chi connectivity index (χ3v) is 3.68. The van der Waals surface area contributed by atoms with Gasteiger partial charge in [-0.3, -0.25) is 4.99 Å². The van der Waals surface area contributed by atoms with Crippen LogP contribution in [-0.2, 0) is 4.74 Å². The van der Waals surface area contributed by atoms with Crippen molar-refractivity contribution in [3.05, 3.63) is 29.8 Å². The molecule has 0 saturated carbocycles. The van der Waals surface area contributed by atoms with E-state index in [9.17, 15) is 0 Å². The standard InChI is InChI=1S/C18H31N3O2/c1-5-19-18(20-12-6-14-22-3)21-13-11-15(2)16-7-9-17(23-4)10-8-16/h7-10,15H,5-6,11-14H2,1-4H3,(H2,19,20,21). The maximum absolute atomic E-state index is 5.20. The van der Waals surface area contributed by atoms with Crippen molar-refractivity contribution < 1.29 is 9.47 Å². The van der Waals surface area contributed by atoms with Gasteiger partial charge in [0.1, 0.15) is 5.75 Å². The van der Waals surface area contributed by atoms with Gasteiger partial charge in [-0.15, -0.1) is 0 Å². The highest BCUT2D eigenvalue weighted by atomic mass is 16.5. The number of nitrogens with zero attached hydrogens (tertiary/aromatic N) is 1. The van der Waals surface area contributed by atoms with E-state index in [1.807, 2.05) is 12.1 Å². The first-order valence-electron chi connectivity index (χ1n) is 8.36. The molecule has 0 heterocycles. The average Bonchev–Trinajstić information content (AvgIpc) is 2.58. The van der Waals surface area contributed by atoms with Crippen LogP contribution in [0.3, 0.4) is 0 Å². The molecule has 0 aliphatic heterocycles. The summed E-state index contributed by atoms with van der Waals surface area (Å²) in [5.74, 6) is 2.27. The van der Waals surface area contributed by atoms with Crippen molar-refractivity contribution in [2.75, 3.05) is 40.5 Å². The van der Waals surface area contributed by atoms with E-state index in [0.29, 0.717) is 5.92 Å². The maximum atomic E-state index is 5.20. The van der Waals surface area contributed by atoms with Crippen LogP contribution in [0.5, 0.6) is 5.75 Å². The first-order chi connectivity index (χ1) is 11.2. The van der Waals surface area contributed by atoms with E-state index in [1.165, 1.54) is 5.56 Å². The molecule has 0 fully saturated rings. The summed E-state index contributed by atoms with van der Waals surface area (Å²) in [7, 11) is 3.41. The van der Waals surface area contributed by atoms with Crippen LogP contribution in [0.2, 0.25) is 0 Å². The van der Waals surface area contributed by atoms with Crippen molar-refractivity contribution >= 4 is 5.96 Å². The molecule has 23 heavy (non-hydrogen) atoms. The van der Waals surface area contributed by atoms with Crippen LogP contribution in [0.15, 0.2) is 29.3 Å². The molecule has 5 heteroatoms. The molecule has 1 aromatic carbocycles. The third kappa shape index (κ3) is 7.88. The first-order valence-corrected chi connectivity index (χ1v) is 8.36. The topological polar surface area (TPSA) is 54.9 Å². The summed E-state index contributed by atoms with van der Waals surface area (Å²) in [5, 5.41) is 6.66. The fourth-order valence-corrected chi connectivity index (χ4v) is 2.25. The molecule has 0 saturated heterocycles. The van der Waals surface area contributed by atoms with Crippen LogP contribution in [0.1, 0.15) is 38.2 Å². The third-order valence-electron chi connectivity index (χ3n) is 3.68. The molecule has 0 spiro atoms. The lowest BCUT2D eigenvalue weighted by molar-refractivity contribution is 0.197. The van der Waals surface area contributed by atoms with Crippen molar-refractivity contribution in [2.24, 2.45) is 4.99 Å². The second kappa shape index (κ2) is 11.8. The van der Waals surface area contributed by atoms with E-state index in [0.717, 1.165) is 50.8 Å². The van der Waals surface area contributed by atoms with Gasteiger partial charge in [-0.25, -0.2) is 0 Å². The number of hydrogen-bond acceptors (Lipinski definition) is 3. The molecule has 1 aromatic rings. The molecular weight excluding hydrogens is 290 g/mol. The number of aliphatic imine (C=N–C) groups is 1. The lowest BCUT2D eigenvalue weighted by Gasteiger charge is -2.15. The van der Waals surface area contributed by atoms with Crippen molar-refractivity contribution in [3.8, 4) is 5.75 Å². The number of nitrogens with one attached hydrogen (secondary N) is 2. The van der Waals surface area contributed by atoms with Gasteiger partial charge in [0.25, 0.3) is 0 Å². The molecule has 130 valence electrons. The summed E-state index contributed by atoms with van der Waals surface area (Å²) < 4.78 is 10.2. The van der Waals surface area contributed by atoms with E-state index in [-0.39, 0.29) is 0 Å². The molecule has 1 atom stereocenters. The van der Waals surface area contributed by atoms with Crippen LogP contribution >= 0.6 is 0 Å². The zero-order valence-electron chi connectivity index (χ0n) is 14.9. The summed E-state index contributed by atoms with van der Waals surface area (Å²) in [6.07, 6.45) is 1.99. The van der Waals surface area contributed by atoms with E-state index in [2.05, 4.69) is 41.6 Å². The molecule has 0 aliphatic rings. The van der Waals surface area contributed by atoms with E-state index in [1.54, 1.807) is 14.2 Å². The average molecular weight is 321 g/mol. The van der Waals surface area contributed by atoms with Gasteiger partial charge < -0.3 is 20.1 Å². The molecule has 0 radical (unpaired) electrons. The molecular formula is C18H31N3O2. The van der Waals surface area contributed by atoms with Crippen molar-refractivity contribution in [3.63, 3.8) is 0 Å². The van der Waals surface area contributed by atoms with Gasteiger partial charge in [-0.05, 0) is 43.4 Å². The molecule has 0 bridgehead atoms. The van der Waals surface area contributed by atoms with Crippen LogP contribution in [0.4, 0.5) is 0 Å². The predicted octanol–water partition coefficient (Wildman–Crippen LogP) is 2.78. The van der Waals surface area contributed by atoms with Gasteiger partial charge >= 0.3 is 0 Å². The fraction of sp³-hybridized carbons (Fsp3) is 0.611. The fourth-order valence-electron chi connectivity index (χ4n) is 2.25. The number of ether oxygens (including phenoxy) is 2. The molecule has 1 rings (SSSR count). The minimum atomic E-state index is 0.491. The minimum Gasteiger partial charge on any atom is -0.497 e. The normalized spacial score (nSPS) is 12.8. The predicted molar refractivity (Wildman–Crippen MR) is 96.5 cm³/mol. The summed E-state index contributed by atoms with van der Waals surface area (Å²) >= 11 is 0. The van der Waals surface area contributed by atoms with Gasteiger partial charge in [0.2, 0.25) is 0 Å². The van der Waals surface area contributed by atoms with Crippen molar-refractivity contribution in [1.82, 2.24) is 10.6 Å². The Hall–Kier alpha value is -1.75. The highest BCUT2D eigenvalue weighted by Crippen LogP contribution is 2.21. The molecule has 0 aliphatic carbocycles. The van der Waals surface area contributed by atoms with Crippen LogP contribution < -0.4 is 15.4 Å². The summed E-state index contributed by atoms with van der Waals surface area (Å²) in [6, 6.07) is 8.29. The largest absolute Gasteiger partial charge is 0.497 e. The van der Waals surface area contributed by atoms with Gasteiger partial charge in [-0.2, -0.15) is 0 Å². The Balaban J connectivity index is 2.38. The van der Waals surface area contributed by atoms with Gasteiger partial charge in [0.05, 0.1) is 7.11 Å². The quantitative estimate of drug-likeness (QED) is 0.395. The van der Waals surface area contributed by atoms with Crippen LogP contribution in [-0.4, -0.2) is 46.4 Å². The Morgan fingerprint density at radius 2 is 1.91 bits per heavy atom. The number of rotatable bonds is 10. The molecule has 0 aromatic heterocycles. The Labute approximate surface area is 140 Å². The van der Waals surface area contributed by atoms with Crippen LogP contribution in [0, 0.1) is 0 Å². The highest BCUT2D eigenvalue weighted by Gasteiger charge is 2.06. The van der Waals surface area contributed by atoms with E-state index < -0.39 is 0 Å². The zero-order valence-corrected chi connectivity index (χ0v) is 14.9. The Bertz CT molecular complexity index is 446. The summed E-state index contributed by atoms with van der Waals surface area (Å²) in [5.41, 5.74) is 1.33.